The SMILES string of the molecule is O.O.O.O.O.O.O.O.OO.[Ca+2].[Ca+2].[H-].[H-].[H-].[H-]. The van der Waals surface area contributed by atoms with Gasteiger partial charge in [-0.3, -0.25) is 10.5 Å². The molecule has 18 N–H and O–H groups in total. The summed E-state index contributed by atoms with van der Waals surface area (Å²) in [6, 6.07) is 0. The number of rotatable bonds is 0. The summed E-state index contributed by atoms with van der Waals surface area (Å²) in [7, 11) is 0. The van der Waals surface area contributed by atoms with Crippen LogP contribution in [0, 0.1) is 0 Å². The molecule has 86 valence electrons. The predicted molar refractivity (Wildman–Crippen MR) is 50.1 cm³/mol. The van der Waals surface area contributed by atoms with E-state index in [1.165, 1.54) is 0 Å². The van der Waals surface area contributed by atoms with Gasteiger partial charge in [0, 0.05) is 0 Å². The van der Waals surface area contributed by atoms with E-state index >= 15 is 0 Å². The van der Waals surface area contributed by atoms with Crippen LogP contribution in [0.4, 0.5) is 0 Å². The molecule has 0 bridgehead atoms. The van der Waals surface area contributed by atoms with Crippen molar-refractivity contribution >= 4 is 75.5 Å². The Labute approximate surface area is 134 Å². The average molecular weight is 262 g/mol. The summed E-state index contributed by atoms with van der Waals surface area (Å²) in [5.74, 6) is 0. The third-order valence-corrected chi connectivity index (χ3v) is 0. The van der Waals surface area contributed by atoms with E-state index in [9.17, 15) is 0 Å². The first-order valence-corrected chi connectivity index (χ1v) is 0.200. The molecule has 0 atom stereocenters. The van der Waals surface area contributed by atoms with Crippen LogP contribution in [0.15, 0.2) is 0 Å². The molecule has 0 aliphatic rings. The maximum Gasteiger partial charge on any atom is 2.00 e. The van der Waals surface area contributed by atoms with Crippen LogP contribution in [0.1, 0.15) is 5.71 Å². The molecule has 0 radical (unpaired) electrons. The molecule has 0 unspecified atom stereocenters. The van der Waals surface area contributed by atoms with Gasteiger partial charge in [-0.15, -0.1) is 0 Å². The summed E-state index contributed by atoms with van der Waals surface area (Å²) in [6.07, 6.45) is 0. The van der Waals surface area contributed by atoms with Gasteiger partial charge in [0.2, 0.25) is 0 Å². The molecule has 0 amide bonds. The van der Waals surface area contributed by atoms with Crippen molar-refractivity contribution in [1.29, 1.82) is 0 Å². The molecule has 0 heterocycles. The van der Waals surface area contributed by atoms with Crippen LogP contribution in [-0.4, -0.2) is 130 Å². The van der Waals surface area contributed by atoms with E-state index in [1.807, 2.05) is 0 Å². The summed E-state index contributed by atoms with van der Waals surface area (Å²) in [4.78, 5) is 0. The minimum Gasteiger partial charge on any atom is -1.00 e. The molecule has 0 saturated carbocycles. The van der Waals surface area contributed by atoms with Gasteiger partial charge in [-0.2, -0.15) is 0 Å². The third kappa shape index (κ3) is 334. The fraction of sp³-hybridized carbons (Fsp3) is 0. The molecule has 12 heteroatoms. The fourth-order valence-corrected chi connectivity index (χ4v) is 0. The van der Waals surface area contributed by atoms with Crippen molar-refractivity contribution in [1.82, 2.24) is 0 Å². The Morgan fingerprint density at radius 2 is 0.417 bits per heavy atom. The summed E-state index contributed by atoms with van der Waals surface area (Å²) in [5, 5.41) is 12.0. The van der Waals surface area contributed by atoms with E-state index in [-0.39, 0.29) is 125 Å². The van der Waals surface area contributed by atoms with E-state index in [4.69, 9.17) is 10.5 Å². The smallest absolute Gasteiger partial charge is 1.00 e. The topological polar surface area (TPSA) is 292 Å². The summed E-state index contributed by atoms with van der Waals surface area (Å²) < 4.78 is 0. The van der Waals surface area contributed by atoms with Gasteiger partial charge in [-0.05, 0) is 0 Å². The molecule has 10 nitrogen and oxygen atoms in total. The zero-order chi connectivity index (χ0) is 2.00. The average Bonchev–Trinajstić information content (AvgIpc) is 1.00. The van der Waals surface area contributed by atoms with Gasteiger partial charge in [0.05, 0.1) is 0 Å². The summed E-state index contributed by atoms with van der Waals surface area (Å²) in [6.45, 7) is 0. The van der Waals surface area contributed by atoms with Gasteiger partial charge < -0.3 is 49.5 Å². The second kappa shape index (κ2) is 429. The Kier molecular flexibility index (Phi) is 8930. The minimum atomic E-state index is 0. The molecule has 0 aliphatic heterocycles. The van der Waals surface area contributed by atoms with Crippen molar-refractivity contribution in [2.75, 3.05) is 0 Å². The maximum atomic E-state index is 6.00. The first-order valence-electron chi connectivity index (χ1n) is 0.200. The minimum absolute atomic E-state index is 0. The van der Waals surface area contributed by atoms with Gasteiger partial charge in [0.25, 0.3) is 0 Å². The third-order valence-electron chi connectivity index (χ3n) is 0. The molecule has 0 saturated heterocycles. The zero-order valence-corrected chi connectivity index (χ0v) is 10.7. The number of hydrogen-bond acceptors (Lipinski definition) is 2. The Balaban J connectivity index is -0.0000000000549. The molecule has 0 aliphatic carbocycles. The van der Waals surface area contributed by atoms with E-state index in [0.29, 0.717) is 0 Å². The standard InChI is InChI=1S/2Ca.H2O2.8H2O.4H/c;;1-2;;;;;;;;;;;;/h;;1-2H;8*1H2;;;;/q2*+2;;;;;;;;;;4*-1. The first kappa shape index (κ1) is 250. The Morgan fingerprint density at radius 1 is 0.417 bits per heavy atom. The van der Waals surface area contributed by atoms with Gasteiger partial charge >= 0.3 is 75.5 Å². The van der Waals surface area contributed by atoms with Crippen LogP contribution in [0.25, 0.3) is 0 Å². The van der Waals surface area contributed by atoms with Crippen LogP contribution in [0.2, 0.25) is 0 Å². The molecule has 12 heavy (non-hydrogen) atoms. The van der Waals surface area contributed by atoms with E-state index in [2.05, 4.69) is 0 Å². The second-order valence-corrected chi connectivity index (χ2v) is 0. The summed E-state index contributed by atoms with van der Waals surface area (Å²) in [5.41, 5.74) is 0. The van der Waals surface area contributed by atoms with Gasteiger partial charge in [0.15, 0.2) is 0 Å². The van der Waals surface area contributed by atoms with Crippen molar-refractivity contribution in [2.45, 2.75) is 0 Å². The van der Waals surface area contributed by atoms with Crippen molar-refractivity contribution in [3.05, 3.63) is 0 Å². The van der Waals surface area contributed by atoms with Gasteiger partial charge in [0.1, 0.15) is 0 Å². The predicted octanol–water partition coefficient (Wildman–Crippen LogP) is -6.89. The van der Waals surface area contributed by atoms with Crippen molar-refractivity contribution in [3.63, 3.8) is 0 Å². The Hall–Kier alpha value is 2.12. The zero-order valence-electron chi connectivity index (χ0n) is 10.3. The Morgan fingerprint density at radius 3 is 0.417 bits per heavy atom. The first-order chi connectivity index (χ1) is 1.00. The molecular formula is H22Ca2O10. The molecule has 0 spiro atoms. The fourth-order valence-electron chi connectivity index (χ4n) is 0. The van der Waals surface area contributed by atoms with E-state index < -0.39 is 0 Å². The van der Waals surface area contributed by atoms with Gasteiger partial charge in [-0.1, -0.05) is 0 Å². The monoisotopic (exact) mass is 262 g/mol. The quantitative estimate of drug-likeness (QED) is 0.244. The van der Waals surface area contributed by atoms with Crippen LogP contribution in [-0.2, 0) is 0 Å². The molecular weight excluding hydrogens is 240 g/mol. The van der Waals surface area contributed by atoms with Crippen LogP contribution >= 0.6 is 0 Å². The molecule has 0 aromatic rings. The maximum absolute atomic E-state index is 6.00. The van der Waals surface area contributed by atoms with Crippen LogP contribution in [0.5, 0.6) is 0 Å². The van der Waals surface area contributed by atoms with Crippen molar-refractivity contribution < 1.29 is 60.0 Å². The second-order valence-electron chi connectivity index (χ2n) is 0. The summed E-state index contributed by atoms with van der Waals surface area (Å²) >= 11 is 0. The molecule has 0 aromatic carbocycles. The largest absolute Gasteiger partial charge is 2.00 e. The van der Waals surface area contributed by atoms with Crippen molar-refractivity contribution in [2.24, 2.45) is 0 Å². The molecule has 0 aromatic heterocycles. The van der Waals surface area contributed by atoms with Crippen molar-refractivity contribution in [3.8, 4) is 0 Å². The van der Waals surface area contributed by atoms with Crippen LogP contribution in [0.3, 0.4) is 0 Å². The molecule has 0 fully saturated rings. The van der Waals surface area contributed by atoms with Crippen LogP contribution < -0.4 is 0 Å². The Bertz CT molecular complexity index is 20.8. The van der Waals surface area contributed by atoms with Gasteiger partial charge in [-0.25, -0.2) is 0 Å². The van der Waals surface area contributed by atoms with E-state index in [1.54, 1.807) is 0 Å². The van der Waals surface area contributed by atoms with E-state index in [0.717, 1.165) is 0 Å². The molecule has 0 rings (SSSR count). The number of hydrogen-bond donors (Lipinski definition) is 2. The normalized spacial score (nSPS) is 0.500.